The third-order valence-corrected chi connectivity index (χ3v) is 17.2. The number of hydrogen-bond donors (Lipinski definition) is 1. The average Bonchev–Trinajstić information content (AvgIpc) is 3.75. The molecule has 0 aliphatic heterocycles. The van der Waals surface area contributed by atoms with Gasteiger partial charge in [0.2, 0.25) is 0 Å². The molecule has 1 N–H and O–H groups in total. The molecule has 546 valence electrons. The highest BCUT2D eigenvalue weighted by atomic mass is 16.7. The van der Waals surface area contributed by atoms with Gasteiger partial charge in [0.05, 0.1) is 34.4 Å². The number of aliphatic carboxylic acids is 1. The number of unbranched alkanes of at least 4 members (excludes halogenated alkanes) is 38. The summed E-state index contributed by atoms with van der Waals surface area (Å²) in [6.07, 6.45) is 105. The zero-order valence-electron chi connectivity index (χ0n) is 62.6. The van der Waals surface area contributed by atoms with E-state index in [-0.39, 0.29) is 32.2 Å². The molecule has 95 heavy (non-hydrogen) atoms. The van der Waals surface area contributed by atoms with E-state index in [1.165, 1.54) is 218 Å². The molecule has 0 fully saturated rings. The van der Waals surface area contributed by atoms with E-state index in [1.54, 1.807) is 0 Å². The minimum atomic E-state index is -1.51. The Kier molecular flexibility index (Phi) is 72.0. The third-order valence-electron chi connectivity index (χ3n) is 17.2. The van der Waals surface area contributed by atoms with Gasteiger partial charge < -0.3 is 28.5 Å². The van der Waals surface area contributed by atoms with Crippen LogP contribution in [-0.2, 0) is 33.3 Å². The predicted octanol–water partition coefficient (Wildman–Crippen LogP) is 25.5. The molecule has 0 heterocycles. The summed E-state index contributed by atoms with van der Waals surface area (Å²) >= 11 is 0. The van der Waals surface area contributed by atoms with Gasteiger partial charge in [-0.2, -0.15) is 0 Å². The fraction of sp³-hybridized carbons (Fsp3) is 0.733. The van der Waals surface area contributed by atoms with E-state index in [1.807, 2.05) is 21.1 Å². The zero-order valence-corrected chi connectivity index (χ0v) is 62.6. The van der Waals surface area contributed by atoms with Gasteiger partial charge in [-0.05, 0) is 103 Å². The summed E-state index contributed by atoms with van der Waals surface area (Å²) in [6.45, 7) is 4.69. The number of carbonyl (C=O) groups excluding carboxylic acids is 2. The number of carboxylic acid groups (broad SMARTS) is 1. The Morgan fingerprint density at radius 2 is 0.568 bits per heavy atom. The molecule has 0 aromatic carbocycles. The van der Waals surface area contributed by atoms with E-state index < -0.39 is 24.3 Å². The highest BCUT2D eigenvalue weighted by Crippen LogP contribution is 2.19. The number of nitrogens with zero attached hydrogens (tertiary/aromatic N) is 1. The van der Waals surface area contributed by atoms with Crippen LogP contribution in [0.25, 0.3) is 0 Å². The Hall–Kier alpha value is -4.31. The summed E-state index contributed by atoms with van der Waals surface area (Å²) in [5.41, 5.74) is 0. The van der Waals surface area contributed by atoms with Gasteiger partial charge in [-0.1, -0.05) is 354 Å². The SMILES string of the molecule is CC/C=C\C/C=C\C/C=C\C/C=C\C/C=C\C/C=C\CCCCCCCCCCCCCCCCCCCCC(=O)OC(COC(=O)CCCCCCCCCCCCCCCCCCCCCC/C=C\C/C=C\C/C=C\C/C=C\CC)COC(OCC[N+](C)(C)C)C(=O)O. The second-order valence-electron chi connectivity index (χ2n) is 27.6. The first kappa shape index (κ1) is 90.7. The molecule has 0 aliphatic rings. The van der Waals surface area contributed by atoms with E-state index in [2.05, 4.69) is 135 Å². The van der Waals surface area contributed by atoms with Crippen molar-refractivity contribution in [2.45, 2.75) is 360 Å². The molecule has 0 rings (SSSR count). The Morgan fingerprint density at radius 3 is 0.842 bits per heavy atom. The van der Waals surface area contributed by atoms with Crippen molar-refractivity contribution in [3.05, 3.63) is 122 Å². The monoisotopic (exact) mass is 1330 g/mol. The van der Waals surface area contributed by atoms with Crippen LogP contribution in [0.5, 0.6) is 0 Å². The number of allylic oxidation sites excluding steroid dienone is 20. The standard InChI is InChI=1S/C86H149NO8/c1-6-8-10-12-14-16-18-20-22-24-26-28-30-32-34-36-38-40-41-42-43-45-47-49-51-53-55-57-59-61-63-65-67-69-71-73-75-77-84(89)95-82(81-94-86(85(90)91)92-79-78-87(3,4)5)80-93-83(88)76-74-72-70-68-66-64-62-60-58-56-54-52-50-48-46-44-39-37-35-33-31-29-27-25-23-21-19-17-15-13-11-9-7-2/h8-11,14-17,20-23,26-29,32,34,38,40,82,86H,6-7,12-13,18-19,24-25,30-31,33,35-37,39,41-81H2,1-5H3/p+1/b10-8-,11-9-,16-14-,17-15-,22-20-,23-21-,28-26-,29-27-,34-32-,40-38-. The molecule has 0 aliphatic carbocycles. The first-order chi connectivity index (χ1) is 46.6. The van der Waals surface area contributed by atoms with Crippen molar-refractivity contribution in [1.29, 1.82) is 0 Å². The topological polar surface area (TPSA) is 108 Å². The largest absolute Gasteiger partial charge is 0.477 e. The first-order valence-corrected chi connectivity index (χ1v) is 39.7. The highest BCUT2D eigenvalue weighted by molar-refractivity contribution is 5.71. The molecular formula is C86H150NO8+. The minimum Gasteiger partial charge on any atom is -0.477 e. The normalized spacial score (nSPS) is 13.3. The number of carboxylic acids is 1. The number of carbonyl (C=O) groups is 3. The van der Waals surface area contributed by atoms with Gasteiger partial charge in [0.1, 0.15) is 13.2 Å². The minimum absolute atomic E-state index is 0.182. The smallest absolute Gasteiger partial charge is 0.361 e. The number of ether oxygens (including phenoxy) is 4. The van der Waals surface area contributed by atoms with Gasteiger partial charge in [0.15, 0.2) is 6.10 Å². The highest BCUT2D eigenvalue weighted by Gasteiger charge is 2.25. The number of rotatable bonds is 73. The summed E-state index contributed by atoms with van der Waals surface area (Å²) < 4.78 is 23.1. The lowest BCUT2D eigenvalue weighted by Gasteiger charge is -2.25. The summed E-state index contributed by atoms with van der Waals surface area (Å²) in [6, 6.07) is 0. The number of quaternary nitrogens is 1. The maximum absolute atomic E-state index is 13.0. The van der Waals surface area contributed by atoms with Crippen LogP contribution in [0.15, 0.2) is 122 Å². The van der Waals surface area contributed by atoms with Crippen LogP contribution in [0.3, 0.4) is 0 Å². The second kappa shape index (κ2) is 75.5. The maximum atomic E-state index is 13.0. The average molecular weight is 1330 g/mol. The maximum Gasteiger partial charge on any atom is 0.361 e. The number of likely N-dealkylation sites (N-methyl/N-ethyl adjacent to an activating group) is 1. The van der Waals surface area contributed by atoms with Gasteiger partial charge in [-0.25, -0.2) is 4.79 Å². The fourth-order valence-electron chi connectivity index (χ4n) is 11.2. The van der Waals surface area contributed by atoms with Crippen LogP contribution in [0.4, 0.5) is 0 Å². The summed E-state index contributed by atoms with van der Waals surface area (Å²) in [7, 11) is 5.99. The first-order valence-electron chi connectivity index (χ1n) is 39.7. The molecule has 2 unspecified atom stereocenters. The molecule has 0 aromatic heterocycles. The zero-order chi connectivity index (χ0) is 69.0. The molecular weight excluding hydrogens is 1170 g/mol. The molecule has 0 saturated carbocycles. The molecule has 2 atom stereocenters. The van der Waals surface area contributed by atoms with Crippen molar-refractivity contribution in [3.63, 3.8) is 0 Å². The fourth-order valence-corrected chi connectivity index (χ4v) is 11.2. The summed E-state index contributed by atoms with van der Waals surface area (Å²) in [5.74, 6) is -1.99. The van der Waals surface area contributed by atoms with E-state index in [4.69, 9.17) is 18.9 Å². The van der Waals surface area contributed by atoms with Crippen LogP contribution in [0.1, 0.15) is 348 Å². The van der Waals surface area contributed by atoms with Crippen LogP contribution < -0.4 is 0 Å². The second-order valence-corrected chi connectivity index (χ2v) is 27.6. The van der Waals surface area contributed by atoms with E-state index in [0.717, 1.165) is 103 Å². The third kappa shape index (κ3) is 76.9. The Morgan fingerprint density at radius 1 is 0.316 bits per heavy atom. The van der Waals surface area contributed by atoms with Crippen molar-refractivity contribution < 1.29 is 42.9 Å². The molecule has 0 radical (unpaired) electrons. The predicted molar refractivity (Wildman–Crippen MR) is 410 cm³/mol. The number of esters is 2. The lowest BCUT2D eigenvalue weighted by molar-refractivity contribution is -0.870. The van der Waals surface area contributed by atoms with Crippen LogP contribution in [0.2, 0.25) is 0 Å². The Bertz CT molecular complexity index is 1980. The molecule has 0 bridgehead atoms. The molecule has 0 amide bonds. The van der Waals surface area contributed by atoms with Crippen molar-refractivity contribution in [2.75, 3.05) is 47.5 Å². The van der Waals surface area contributed by atoms with Gasteiger partial charge in [0, 0.05) is 12.8 Å². The molecule has 9 nitrogen and oxygen atoms in total. The van der Waals surface area contributed by atoms with E-state index >= 15 is 0 Å². The van der Waals surface area contributed by atoms with Crippen molar-refractivity contribution in [1.82, 2.24) is 0 Å². The van der Waals surface area contributed by atoms with E-state index in [9.17, 15) is 19.5 Å². The van der Waals surface area contributed by atoms with Crippen molar-refractivity contribution in [2.24, 2.45) is 0 Å². The molecule has 0 aromatic rings. The van der Waals surface area contributed by atoms with Crippen molar-refractivity contribution >= 4 is 17.9 Å². The van der Waals surface area contributed by atoms with Crippen LogP contribution in [0, 0.1) is 0 Å². The summed E-state index contributed by atoms with van der Waals surface area (Å²) in [5, 5.41) is 9.78. The quantitative estimate of drug-likeness (QED) is 0.0211. The summed E-state index contributed by atoms with van der Waals surface area (Å²) in [4.78, 5) is 37.8. The molecule has 0 saturated heterocycles. The van der Waals surface area contributed by atoms with Crippen LogP contribution in [-0.4, -0.2) is 87.4 Å². The molecule has 9 heteroatoms. The number of hydrogen-bond acceptors (Lipinski definition) is 7. The van der Waals surface area contributed by atoms with Gasteiger partial charge in [0.25, 0.3) is 6.29 Å². The lowest BCUT2D eigenvalue weighted by Crippen LogP contribution is -2.40. The van der Waals surface area contributed by atoms with Gasteiger partial charge in [-0.15, -0.1) is 0 Å². The Balaban J connectivity index is 4.01. The van der Waals surface area contributed by atoms with Crippen LogP contribution >= 0.6 is 0 Å². The van der Waals surface area contributed by atoms with Gasteiger partial charge >= 0.3 is 17.9 Å². The van der Waals surface area contributed by atoms with E-state index in [0.29, 0.717) is 17.4 Å². The van der Waals surface area contributed by atoms with Gasteiger partial charge in [-0.3, -0.25) is 9.59 Å². The lowest BCUT2D eigenvalue weighted by atomic mass is 10.0. The van der Waals surface area contributed by atoms with Crippen molar-refractivity contribution in [3.8, 4) is 0 Å². The Labute approximate surface area is 587 Å². The molecule has 0 spiro atoms.